The summed E-state index contributed by atoms with van der Waals surface area (Å²) >= 11 is 3.23. The van der Waals surface area contributed by atoms with Crippen LogP contribution >= 0.6 is 15.9 Å². The Morgan fingerprint density at radius 2 is 2.09 bits per heavy atom. The Labute approximate surface area is 142 Å². The molecule has 0 spiro atoms. The highest BCUT2D eigenvalue weighted by Gasteiger charge is 2.11. The summed E-state index contributed by atoms with van der Waals surface area (Å²) in [6.07, 6.45) is 3.56. The van der Waals surface area contributed by atoms with E-state index in [1.54, 1.807) is 30.3 Å². The van der Waals surface area contributed by atoms with Gasteiger partial charge in [0.2, 0.25) is 0 Å². The van der Waals surface area contributed by atoms with Crippen LogP contribution in [0.5, 0.6) is 11.5 Å². The highest BCUT2D eigenvalue weighted by atomic mass is 79.9. The molecule has 5 nitrogen and oxygen atoms in total. The van der Waals surface area contributed by atoms with Gasteiger partial charge in [-0.25, -0.2) is 5.43 Å². The molecular weight excluding hydrogens is 360 g/mol. The zero-order valence-electron chi connectivity index (χ0n) is 12.2. The zero-order chi connectivity index (χ0) is 16.8. The summed E-state index contributed by atoms with van der Waals surface area (Å²) in [5.41, 5.74) is 3.61. The molecule has 0 heterocycles. The largest absolute Gasteiger partial charge is 0.507 e. The lowest BCUT2D eigenvalue weighted by Crippen LogP contribution is -2.17. The van der Waals surface area contributed by atoms with E-state index in [1.165, 1.54) is 18.3 Å². The van der Waals surface area contributed by atoms with Gasteiger partial charge >= 0.3 is 0 Å². The molecule has 0 aromatic heterocycles. The van der Waals surface area contributed by atoms with Gasteiger partial charge in [-0.15, -0.1) is 6.58 Å². The molecule has 0 unspecified atom stereocenters. The molecule has 118 valence electrons. The maximum Gasteiger partial charge on any atom is 0.275 e. The van der Waals surface area contributed by atoms with Crippen molar-refractivity contribution in [1.82, 2.24) is 5.43 Å². The number of aromatic hydroxyl groups is 2. The highest BCUT2D eigenvalue weighted by Crippen LogP contribution is 2.22. The Morgan fingerprint density at radius 3 is 2.83 bits per heavy atom. The topological polar surface area (TPSA) is 81.9 Å². The van der Waals surface area contributed by atoms with E-state index < -0.39 is 5.91 Å². The van der Waals surface area contributed by atoms with Gasteiger partial charge in [0, 0.05) is 10.0 Å². The van der Waals surface area contributed by atoms with Crippen LogP contribution < -0.4 is 5.43 Å². The molecule has 0 aliphatic rings. The first-order valence-electron chi connectivity index (χ1n) is 6.76. The van der Waals surface area contributed by atoms with Crippen LogP contribution in [0.2, 0.25) is 0 Å². The van der Waals surface area contributed by atoms with E-state index in [-0.39, 0.29) is 17.1 Å². The Kier molecular flexibility index (Phi) is 5.54. The van der Waals surface area contributed by atoms with Crippen molar-refractivity contribution in [3.63, 3.8) is 0 Å². The third kappa shape index (κ3) is 4.20. The number of allylic oxidation sites excluding steroid dienone is 1. The van der Waals surface area contributed by atoms with Crippen molar-refractivity contribution in [3.05, 3.63) is 70.2 Å². The first-order valence-corrected chi connectivity index (χ1v) is 7.56. The number of halogens is 1. The SMILES string of the molecule is C=CCc1cccc(C=NNC(=O)c2cc(Br)ccc2O)c1O. The number of hydrogen-bond donors (Lipinski definition) is 3. The predicted octanol–water partition coefficient (Wildman–Crippen LogP) is 3.35. The van der Waals surface area contributed by atoms with Crippen molar-refractivity contribution in [2.45, 2.75) is 6.42 Å². The minimum atomic E-state index is -0.554. The lowest BCUT2D eigenvalue weighted by Gasteiger charge is -2.05. The van der Waals surface area contributed by atoms with Crippen molar-refractivity contribution in [3.8, 4) is 11.5 Å². The Morgan fingerprint density at radius 1 is 1.30 bits per heavy atom. The van der Waals surface area contributed by atoms with Crippen LogP contribution in [0.4, 0.5) is 0 Å². The first-order chi connectivity index (χ1) is 11.0. The van der Waals surface area contributed by atoms with Gasteiger partial charge in [0.25, 0.3) is 5.91 Å². The quantitative estimate of drug-likeness (QED) is 0.426. The summed E-state index contributed by atoms with van der Waals surface area (Å²) in [4.78, 5) is 12.0. The van der Waals surface area contributed by atoms with Crippen LogP contribution in [0.25, 0.3) is 0 Å². The summed E-state index contributed by atoms with van der Waals surface area (Å²) in [6, 6.07) is 9.76. The molecular formula is C17H15BrN2O3. The summed E-state index contributed by atoms with van der Waals surface area (Å²) < 4.78 is 0.666. The van der Waals surface area contributed by atoms with Crippen molar-refractivity contribution in [1.29, 1.82) is 0 Å². The number of phenols is 2. The number of amides is 1. The molecule has 6 heteroatoms. The number of nitrogens with zero attached hydrogens (tertiary/aromatic N) is 1. The number of carbonyl (C=O) groups is 1. The summed E-state index contributed by atoms with van der Waals surface area (Å²) in [5, 5.41) is 23.6. The molecule has 23 heavy (non-hydrogen) atoms. The fraction of sp³-hybridized carbons (Fsp3) is 0.0588. The number of rotatable bonds is 5. The zero-order valence-corrected chi connectivity index (χ0v) is 13.7. The van der Waals surface area contributed by atoms with E-state index in [2.05, 4.69) is 33.0 Å². The van der Waals surface area contributed by atoms with Crippen LogP contribution in [0.15, 0.2) is 58.6 Å². The Balaban J connectivity index is 2.13. The number of carbonyl (C=O) groups excluding carboxylic acids is 1. The first kappa shape index (κ1) is 16.8. The number of phenolic OH excluding ortho intramolecular Hbond substituents is 2. The molecule has 0 saturated heterocycles. The Hall–Kier alpha value is -2.60. The molecule has 3 N–H and O–H groups in total. The molecule has 2 aromatic carbocycles. The maximum atomic E-state index is 12.0. The van der Waals surface area contributed by atoms with Gasteiger partial charge in [0.15, 0.2) is 0 Å². The van der Waals surface area contributed by atoms with Crippen LogP contribution in [-0.4, -0.2) is 22.3 Å². The van der Waals surface area contributed by atoms with Crippen molar-refractivity contribution >= 4 is 28.1 Å². The second-order valence-corrected chi connectivity index (χ2v) is 5.62. The molecule has 1 amide bonds. The lowest BCUT2D eigenvalue weighted by molar-refractivity contribution is 0.0952. The van der Waals surface area contributed by atoms with Crippen LogP contribution in [0.3, 0.4) is 0 Å². The van der Waals surface area contributed by atoms with E-state index in [0.717, 1.165) is 5.56 Å². The monoisotopic (exact) mass is 374 g/mol. The third-order valence-corrected chi connectivity index (χ3v) is 3.58. The van der Waals surface area contributed by atoms with Crippen LogP contribution in [0, 0.1) is 0 Å². The van der Waals surface area contributed by atoms with E-state index in [9.17, 15) is 15.0 Å². The normalized spacial score (nSPS) is 10.7. The molecule has 0 radical (unpaired) electrons. The number of nitrogens with one attached hydrogen (secondary N) is 1. The molecule has 0 bridgehead atoms. The second kappa shape index (κ2) is 7.60. The highest BCUT2D eigenvalue weighted by molar-refractivity contribution is 9.10. The fourth-order valence-corrected chi connectivity index (χ4v) is 2.31. The summed E-state index contributed by atoms with van der Waals surface area (Å²) in [5.74, 6) is -0.603. The number of hydrogen-bond acceptors (Lipinski definition) is 4. The minimum absolute atomic E-state index is 0.0932. The maximum absolute atomic E-state index is 12.0. The van der Waals surface area contributed by atoms with Crippen molar-refractivity contribution in [2.75, 3.05) is 0 Å². The van der Waals surface area contributed by atoms with Crippen molar-refractivity contribution in [2.24, 2.45) is 5.10 Å². The molecule has 2 rings (SSSR count). The van der Waals surface area contributed by atoms with Gasteiger partial charge in [-0.1, -0.05) is 34.1 Å². The lowest BCUT2D eigenvalue weighted by atomic mass is 10.1. The van der Waals surface area contributed by atoms with E-state index in [4.69, 9.17) is 0 Å². The second-order valence-electron chi connectivity index (χ2n) is 4.71. The average molecular weight is 375 g/mol. The number of hydrazone groups is 1. The van der Waals surface area contributed by atoms with Gasteiger partial charge in [0.1, 0.15) is 11.5 Å². The molecule has 0 fully saturated rings. The smallest absolute Gasteiger partial charge is 0.275 e. The van der Waals surface area contributed by atoms with Crippen LogP contribution in [0.1, 0.15) is 21.5 Å². The Bertz CT molecular complexity index is 772. The number of benzene rings is 2. The van der Waals surface area contributed by atoms with Gasteiger partial charge < -0.3 is 10.2 Å². The third-order valence-electron chi connectivity index (χ3n) is 3.09. The predicted molar refractivity (Wildman–Crippen MR) is 92.9 cm³/mol. The number of para-hydroxylation sites is 1. The standard InChI is InChI=1S/C17H15BrN2O3/c1-2-4-11-5-3-6-12(16(11)22)10-19-20-17(23)14-9-13(18)7-8-15(14)21/h2-3,5-10,21-22H,1,4H2,(H,20,23). The van der Waals surface area contributed by atoms with E-state index >= 15 is 0 Å². The molecule has 0 atom stereocenters. The van der Waals surface area contributed by atoms with Crippen molar-refractivity contribution < 1.29 is 15.0 Å². The van der Waals surface area contributed by atoms with E-state index in [1.807, 2.05) is 0 Å². The van der Waals surface area contributed by atoms with Gasteiger partial charge in [-0.05, 0) is 36.2 Å². The summed E-state index contributed by atoms with van der Waals surface area (Å²) in [7, 11) is 0. The van der Waals surface area contributed by atoms with Gasteiger partial charge in [-0.3, -0.25) is 4.79 Å². The average Bonchev–Trinajstić information content (AvgIpc) is 2.53. The molecule has 0 aliphatic heterocycles. The molecule has 2 aromatic rings. The van der Waals surface area contributed by atoms with Gasteiger partial charge in [-0.2, -0.15) is 5.10 Å². The molecule has 0 aliphatic carbocycles. The summed E-state index contributed by atoms with van der Waals surface area (Å²) in [6.45, 7) is 3.63. The minimum Gasteiger partial charge on any atom is -0.507 e. The molecule has 0 saturated carbocycles. The van der Waals surface area contributed by atoms with E-state index in [0.29, 0.717) is 16.5 Å². The fourth-order valence-electron chi connectivity index (χ4n) is 1.95. The van der Waals surface area contributed by atoms with Crippen LogP contribution in [-0.2, 0) is 6.42 Å². The van der Waals surface area contributed by atoms with Gasteiger partial charge in [0.05, 0.1) is 11.8 Å².